The van der Waals surface area contributed by atoms with Gasteiger partial charge in [0.2, 0.25) is 0 Å². The van der Waals surface area contributed by atoms with E-state index in [0.717, 1.165) is 0 Å². The van der Waals surface area contributed by atoms with E-state index in [1.807, 2.05) is 0 Å². The van der Waals surface area contributed by atoms with Crippen LogP contribution in [0.3, 0.4) is 0 Å². The second kappa shape index (κ2) is 14.9. The van der Waals surface area contributed by atoms with Crippen LogP contribution >= 0.6 is 0 Å². The van der Waals surface area contributed by atoms with Gasteiger partial charge in [0.05, 0.1) is 0 Å². The maximum Gasteiger partial charge on any atom is -0.0333 e. The van der Waals surface area contributed by atoms with Crippen LogP contribution in [-0.4, -0.2) is 3.26 Å². The maximum atomic E-state index is 2.35. The van der Waals surface area contributed by atoms with E-state index < -0.39 is 0 Å². The summed E-state index contributed by atoms with van der Waals surface area (Å²) in [6.07, 6.45) is 0. The summed E-state index contributed by atoms with van der Waals surface area (Å²) in [7, 11) is 0. The van der Waals surface area contributed by atoms with Gasteiger partial charge < -0.3 is 24.8 Å². The number of fused-ring (bicyclic) bond motifs is 4. The third kappa shape index (κ3) is 9.09. The molecule has 0 bridgehead atoms. The molecule has 0 saturated heterocycles. The third-order valence-electron chi connectivity index (χ3n) is 7.18. The molecule has 0 aromatic heterocycles. The molecule has 218 valence electrons. The first-order valence-corrected chi connectivity index (χ1v) is 16.0. The third-order valence-corrected chi connectivity index (χ3v) is 7.18. The molecule has 0 heterocycles. The second-order valence-electron chi connectivity index (χ2n) is 13.0. The molecule has 6 aromatic rings. The van der Waals surface area contributed by atoms with E-state index in [2.05, 4.69) is 165 Å². The fourth-order valence-electron chi connectivity index (χ4n) is 4.89. The number of halogens is 2. The summed E-state index contributed by atoms with van der Waals surface area (Å²) in [4.78, 5) is 0. The molecule has 0 saturated carbocycles. The summed E-state index contributed by atoms with van der Waals surface area (Å²) in [6.45, 7) is 17.9. The Morgan fingerprint density at radius 1 is 0.595 bits per heavy atom. The van der Waals surface area contributed by atoms with Crippen molar-refractivity contribution < 1.29 is 48.7 Å². The van der Waals surface area contributed by atoms with Crippen LogP contribution < -0.4 is 24.8 Å². The summed E-state index contributed by atoms with van der Waals surface area (Å²) in [6, 6.07) is 39.7. The zero-order chi connectivity index (χ0) is 29.1. The van der Waals surface area contributed by atoms with Gasteiger partial charge in [0.25, 0.3) is 0 Å². The van der Waals surface area contributed by atoms with E-state index in [1.165, 1.54) is 78.5 Å². The van der Waals surface area contributed by atoms with Crippen LogP contribution in [-0.2, 0) is 34.7 Å². The Morgan fingerprint density at radius 3 is 1.50 bits per heavy atom. The first-order chi connectivity index (χ1) is 18.8. The minimum absolute atomic E-state index is 0. The first-order valence-electron chi connectivity index (χ1n) is 14.2. The van der Waals surface area contributed by atoms with Gasteiger partial charge in [-0.1, -0.05) is 118 Å². The van der Waals surface area contributed by atoms with Gasteiger partial charge in [-0.05, 0) is 16.2 Å². The smallest absolute Gasteiger partial charge is 0.0333 e. The van der Waals surface area contributed by atoms with Crippen molar-refractivity contribution >= 4 is 35.6 Å². The van der Waals surface area contributed by atoms with E-state index in [4.69, 9.17) is 0 Å². The van der Waals surface area contributed by atoms with Gasteiger partial charge in [0.1, 0.15) is 0 Å². The Bertz CT molecular complexity index is 1670. The fourth-order valence-corrected chi connectivity index (χ4v) is 4.89. The minimum atomic E-state index is 0. The predicted octanol–water partition coefficient (Wildman–Crippen LogP) is 5.29. The molecule has 6 rings (SSSR count). The van der Waals surface area contributed by atoms with Crippen LogP contribution in [0, 0.1) is 0 Å². The zero-order valence-electron chi connectivity index (χ0n) is 26.1. The van der Waals surface area contributed by atoms with Crippen LogP contribution in [0.1, 0.15) is 66.5 Å². The van der Waals surface area contributed by atoms with Crippen LogP contribution in [0.5, 0.6) is 0 Å². The summed E-state index contributed by atoms with van der Waals surface area (Å²) < 4.78 is 1.56. The first kappa shape index (κ1) is 35.9. The average molecular weight is 760 g/mol. The van der Waals surface area contributed by atoms with Crippen LogP contribution in [0.25, 0.3) is 43.4 Å². The SMILES string of the molecule is CC(C)(C)c1ccc2c(c1)[cH-]c1cc(C(C)(C)C)ccc12.C[C](C)=[Hf+2].[Cl-].[Cl-].c1ccc2cc(-[c-]3cccc3)ccc2c1. The molecule has 0 radical (unpaired) electrons. The molecule has 0 aliphatic carbocycles. The summed E-state index contributed by atoms with van der Waals surface area (Å²) in [5.74, 6) is 0. The molecule has 0 unspecified atom stereocenters. The molecule has 0 aliphatic rings. The van der Waals surface area contributed by atoms with Crippen molar-refractivity contribution in [2.45, 2.75) is 66.2 Å². The molecule has 0 nitrogen and oxygen atoms in total. The summed E-state index contributed by atoms with van der Waals surface area (Å²) >= 11 is 1.27. The Kier molecular flexibility index (Phi) is 12.7. The van der Waals surface area contributed by atoms with Crippen LogP contribution in [0.2, 0.25) is 0 Å². The van der Waals surface area contributed by atoms with Gasteiger partial charge >= 0.3 is 41.0 Å². The number of hydrogen-bond acceptors (Lipinski definition) is 0. The number of rotatable bonds is 1. The Morgan fingerprint density at radius 2 is 1.05 bits per heavy atom. The van der Waals surface area contributed by atoms with E-state index >= 15 is 0 Å². The van der Waals surface area contributed by atoms with E-state index in [1.54, 1.807) is 3.26 Å². The Balaban J connectivity index is 0.000000259. The van der Waals surface area contributed by atoms with Crippen LogP contribution in [0.15, 0.2) is 109 Å². The van der Waals surface area contributed by atoms with Gasteiger partial charge in [-0.25, -0.2) is 0 Å². The van der Waals surface area contributed by atoms with Gasteiger partial charge in [-0.15, -0.1) is 69.6 Å². The molecule has 0 spiro atoms. The van der Waals surface area contributed by atoms with Crippen molar-refractivity contribution in [1.29, 1.82) is 0 Å². The Hall–Kier alpha value is -2.32. The molecule has 0 fully saturated rings. The van der Waals surface area contributed by atoms with E-state index in [-0.39, 0.29) is 35.6 Å². The molecule has 0 amide bonds. The van der Waals surface area contributed by atoms with Crippen molar-refractivity contribution in [3.8, 4) is 11.1 Å². The van der Waals surface area contributed by atoms with Crippen LogP contribution in [0.4, 0.5) is 0 Å². The van der Waals surface area contributed by atoms with Gasteiger partial charge in [0.15, 0.2) is 0 Å². The van der Waals surface area contributed by atoms with Crippen molar-refractivity contribution in [3.05, 3.63) is 120 Å². The molecule has 0 N–H and O–H groups in total. The topological polar surface area (TPSA) is 0 Å². The molecule has 42 heavy (non-hydrogen) atoms. The molecular formula is C39H42Cl2Hf-2. The largest absolute Gasteiger partial charge is 1.00 e. The zero-order valence-corrected chi connectivity index (χ0v) is 31.3. The molecular weight excluding hydrogens is 718 g/mol. The van der Waals surface area contributed by atoms with E-state index in [9.17, 15) is 0 Å². The number of benzene rings is 4. The summed E-state index contributed by atoms with van der Waals surface area (Å²) in [5, 5.41) is 8.08. The molecule has 3 heteroatoms. The predicted molar refractivity (Wildman–Crippen MR) is 176 cm³/mol. The normalized spacial score (nSPS) is 11.1. The minimum Gasteiger partial charge on any atom is -1.00 e. The quantitative estimate of drug-likeness (QED) is 0.158. The second-order valence-corrected chi connectivity index (χ2v) is 16.6. The standard InChI is InChI=1S/C21H25.C15H11.C3H6.2ClH.Hf/c1-20(2,3)16-7-9-18-14(12-16)11-15-13-17(21(4,5)6)8-10-19(15)18;1-2-6-12(5-1)15-10-9-13-7-3-4-8-14(13)11-15;1-3-2;;;/h7-13H,1-6H3;1-11H;1-2H3;2*1H;/q2*-1;;;;+2/p-2. The average Bonchev–Trinajstić information content (AvgIpc) is 3.55. The van der Waals surface area contributed by atoms with Gasteiger partial charge in [0, 0.05) is 0 Å². The van der Waals surface area contributed by atoms with Crippen molar-refractivity contribution in [1.82, 2.24) is 0 Å². The maximum absolute atomic E-state index is 2.35. The fraction of sp³-hybridized carbons (Fsp3) is 0.256. The molecule has 0 aliphatic heterocycles. The van der Waals surface area contributed by atoms with Gasteiger partial charge in [-0.3, -0.25) is 0 Å². The van der Waals surface area contributed by atoms with E-state index in [0.29, 0.717) is 0 Å². The van der Waals surface area contributed by atoms with Crippen molar-refractivity contribution in [3.63, 3.8) is 0 Å². The Labute approximate surface area is 280 Å². The molecule has 0 atom stereocenters. The monoisotopic (exact) mass is 760 g/mol. The van der Waals surface area contributed by atoms with Gasteiger partial charge in [-0.2, -0.15) is 12.1 Å². The summed E-state index contributed by atoms with van der Waals surface area (Å²) in [5.41, 5.74) is 5.80. The molecule has 6 aromatic carbocycles. The number of hydrogen-bond donors (Lipinski definition) is 0. The van der Waals surface area contributed by atoms with Crippen molar-refractivity contribution in [2.24, 2.45) is 0 Å². The van der Waals surface area contributed by atoms with Crippen molar-refractivity contribution in [2.75, 3.05) is 0 Å².